The fourth-order valence-electron chi connectivity index (χ4n) is 1.84. The first-order valence-corrected chi connectivity index (χ1v) is 6.96. The highest BCUT2D eigenvalue weighted by Gasteiger charge is 2.07. The van der Waals surface area contributed by atoms with Crippen molar-refractivity contribution in [3.05, 3.63) is 52.7 Å². The van der Waals surface area contributed by atoms with Crippen molar-refractivity contribution in [1.82, 2.24) is 4.98 Å². The second kappa shape index (κ2) is 7.31. The number of fused-ring (bicyclic) bond motifs is 2. The summed E-state index contributed by atoms with van der Waals surface area (Å²) in [6, 6.07) is 12.1. The lowest BCUT2D eigenvalue weighted by atomic mass is 10.2. The Bertz CT molecular complexity index is 854. The van der Waals surface area contributed by atoms with Crippen LogP contribution in [-0.4, -0.2) is 21.8 Å². The summed E-state index contributed by atoms with van der Waals surface area (Å²) in [4.78, 5) is 35.4. The van der Waals surface area contributed by atoms with Gasteiger partial charge in [-0.3, -0.25) is 9.59 Å². The fourth-order valence-corrected chi connectivity index (χ4v) is 1.84. The Kier molecular flexibility index (Phi) is 5.19. The number of para-hydroxylation sites is 2. The van der Waals surface area contributed by atoms with Crippen LogP contribution in [0.5, 0.6) is 0 Å². The van der Waals surface area contributed by atoms with Crippen LogP contribution in [0.1, 0.15) is 19.8 Å². The van der Waals surface area contributed by atoms with Crippen LogP contribution in [0.4, 0.5) is 0 Å². The van der Waals surface area contributed by atoms with Crippen molar-refractivity contribution in [3.63, 3.8) is 0 Å². The number of carbonyl (C=O) groups is 2. The number of carbonyl (C=O) groups excluding carboxylic acids is 1. The molecule has 118 valence electrons. The molecule has 1 aliphatic carbocycles. The quantitative estimate of drug-likeness (QED) is 0.747. The van der Waals surface area contributed by atoms with Crippen molar-refractivity contribution in [3.8, 4) is 11.5 Å². The largest absolute Gasteiger partial charge is 0.481 e. The molecule has 0 bridgehead atoms. The molecule has 6 nitrogen and oxygen atoms in total. The van der Waals surface area contributed by atoms with E-state index >= 15 is 0 Å². The lowest BCUT2D eigenvalue weighted by Crippen LogP contribution is -1.99. The van der Waals surface area contributed by atoms with Crippen LogP contribution in [0.2, 0.25) is 0 Å². The molecule has 0 saturated carbocycles. The average molecular weight is 313 g/mol. The van der Waals surface area contributed by atoms with Crippen molar-refractivity contribution in [2.24, 2.45) is 0 Å². The maximum Gasteiger partial charge on any atom is 0.303 e. The molecule has 1 aromatic carbocycles. The van der Waals surface area contributed by atoms with Gasteiger partial charge >= 0.3 is 5.97 Å². The van der Waals surface area contributed by atoms with Crippen molar-refractivity contribution >= 4 is 22.9 Å². The zero-order valence-corrected chi connectivity index (χ0v) is 12.5. The predicted molar refractivity (Wildman–Crippen MR) is 84.5 cm³/mol. The van der Waals surface area contributed by atoms with Gasteiger partial charge in [-0.25, -0.2) is 4.98 Å². The number of carboxylic acid groups (broad SMARTS) is 1. The maximum absolute atomic E-state index is 11.1. The number of benzene rings is 2. The number of nitrogens with zero attached hydrogens (tertiary/aromatic N) is 1. The highest BCUT2D eigenvalue weighted by atomic mass is 16.4. The topological polar surface area (TPSA) is 97.5 Å². The zero-order valence-electron chi connectivity index (χ0n) is 12.5. The first kappa shape index (κ1) is 16.4. The molecule has 0 amide bonds. The van der Waals surface area contributed by atoms with Gasteiger partial charge in [0.05, 0.1) is 6.42 Å². The van der Waals surface area contributed by atoms with Crippen molar-refractivity contribution < 1.29 is 19.1 Å². The van der Waals surface area contributed by atoms with Crippen LogP contribution in [0, 0.1) is 0 Å². The van der Waals surface area contributed by atoms with E-state index in [2.05, 4.69) is 4.98 Å². The summed E-state index contributed by atoms with van der Waals surface area (Å²) in [5.41, 5.74) is 2.12. The van der Waals surface area contributed by atoms with E-state index in [1.165, 1.54) is 19.1 Å². The maximum atomic E-state index is 11.1. The third kappa shape index (κ3) is 4.74. The smallest absolute Gasteiger partial charge is 0.303 e. The van der Waals surface area contributed by atoms with E-state index in [4.69, 9.17) is 9.52 Å². The summed E-state index contributed by atoms with van der Waals surface area (Å²) in [7, 11) is 0. The summed E-state index contributed by atoms with van der Waals surface area (Å²) < 4.78 is 5.56. The second-order valence-corrected chi connectivity index (χ2v) is 4.91. The standard InChI is InChI=1S/C12H7NO2.C5H8O3/c14-8-5-6-10-12(7-8)15-11-4-2-1-3-9(11)13-10;1-4(6)2-3-5(7)8/h1-7H;2-3H2,1H3,(H,7,8). The summed E-state index contributed by atoms with van der Waals surface area (Å²) in [6.07, 6.45) is 0.102. The Balaban J connectivity index is 0.000000207. The number of ketones is 1. The molecular formula is C17H15NO5. The highest BCUT2D eigenvalue weighted by Crippen LogP contribution is 2.22. The second-order valence-electron chi connectivity index (χ2n) is 4.91. The number of hydrogen-bond donors (Lipinski definition) is 1. The summed E-state index contributed by atoms with van der Waals surface area (Å²) in [5, 5.41) is 8.01. The minimum atomic E-state index is -0.916. The lowest BCUT2D eigenvalue weighted by Gasteiger charge is -2.04. The molecule has 1 N–H and O–H groups in total. The van der Waals surface area contributed by atoms with Gasteiger partial charge in [0.2, 0.25) is 0 Å². The van der Waals surface area contributed by atoms with E-state index in [9.17, 15) is 14.4 Å². The van der Waals surface area contributed by atoms with E-state index in [0.717, 1.165) is 5.52 Å². The van der Waals surface area contributed by atoms with Crippen molar-refractivity contribution in [2.45, 2.75) is 19.8 Å². The third-order valence-electron chi connectivity index (χ3n) is 2.95. The first-order valence-electron chi connectivity index (χ1n) is 6.96. The van der Waals surface area contributed by atoms with E-state index in [0.29, 0.717) is 17.0 Å². The number of carboxylic acids is 1. The minimum Gasteiger partial charge on any atom is -0.481 e. The van der Waals surface area contributed by atoms with Crippen molar-refractivity contribution in [2.75, 3.05) is 0 Å². The van der Waals surface area contributed by atoms with Gasteiger partial charge in [-0.05, 0) is 31.2 Å². The molecule has 0 aromatic heterocycles. The highest BCUT2D eigenvalue weighted by molar-refractivity contribution is 5.80. The van der Waals surface area contributed by atoms with Crippen LogP contribution < -0.4 is 5.43 Å². The molecule has 23 heavy (non-hydrogen) atoms. The summed E-state index contributed by atoms with van der Waals surface area (Å²) in [6.45, 7) is 1.38. The van der Waals surface area contributed by atoms with Gasteiger partial charge in [0.25, 0.3) is 0 Å². The van der Waals surface area contributed by atoms with Gasteiger partial charge in [-0.15, -0.1) is 0 Å². The Morgan fingerprint density at radius 1 is 1.13 bits per heavy atom. The molecule has 1 heterocycles. The fraction of sp³-hybridized carbons (Fsp3) is 0.176. The van der Waals surface area contributed by atoms with Crippen LogP contribution >= 0.6 is 0 Å². The van der Waals surface area contributed by atoms with Gasteiger partial charge in [0.15, 0.2) is 16.8 Å². The zero-order chi connectivity index (χ0) is 16.8. The van der Waals surface area contributed by atoms with Gasteiger partial charge in [0, 0.05) is 12.5 Å². The SMILES string of the molecule is CC(=O)CCC(=O)O.O=c1ccc2nc3ccccc3oc-2c1. The van der Waals surface area contributed by atoms with E-state index < -0.39 is 5.97 Å². The molecule has 6 heteroatoms. The number of Topliss-reactive ketones (excluding diaryl/α,β-unsaturated/α-hetero) is 1. The monoisotopic (exact) mass is 313 g/mol. The molecule has 2 aliphatic rings. The Hall–Kier alpha value is -3.02. The molecule has 0 unspecified atom stereocenters. The molecule has 3 rings (SSSR count). The van der Waals surface area contributed by atoms with Gasteiger partial charge in [-0.1, -0.05) is 12.1 Å². The number of hydrogen-bond acceptors (Lipinski definition) is 5. The molecular weight excluding hydrogens is 298 g/mol. The van der Waals surface area contributed by atoms with Crippen LogP contribution in [0.15, 0.2) is 51.7 Å². The van der Waals surface area contributed by atoms with E-state index in [1.807, 2.05) is 24.3 Å². The molecule has 0 radical (unpaired) electrons. The molecule has 1 aliphatic heterocycles. The molecule has 0 saturated heterocycles. The van der Waals surface area contributed by atoms with Crippen molar-refractivity contribution in [1.29, 1.82) is 0 Å². The number of rotatable bonds is 3. The van der Waals surface area contributed by atoms with Gasteiger partial charge in [-0.2, -0.15) is 0 Å². The number of aromatic nitrogens is 1. The van der Waals surface area contributed by atoms with Crippen LogP contribution in [-0.2, 0) is 9.59 Å². The van der Waals surface area contributed by atoms with Gasteiger partial charge in [0.1, 0.15) is 17.0 Å². The van der Waals surface area contributed by atoms with Crippen LogP contribution in [0.3, 0.4) is 0 Å². The Morgan fingerprint density at radius 3 is 2.52 bits per heavy atom. The average Bonchev–Trinajstić information content (AvgIpc) is 2.51. The first-order chi connectivity index (χ1) is 11.0. The molecule has 0 fully saturated rings. The lowest BCUT2D eigenvalue weighted by molar-refractivity contribution is -0.138. The molecule has 0 atom stereocenters. The summed E-state index contributed by atoms with van der Waals surface area (Å²) in [5.74, 6) is -0.464. The third-order valence-corrected chi connectivity index (χ3v) is 2.95. The van der Waals surface area contributed by atoms with E-state index in [1.54, 1.807) is 6.07 Å². The normalized spacial score (nSPS) is 10.1. The van der Waals surface area contributed by atoms with E-state index in [-0.39, 0.29) is 24.1 Å². The molecule has 0 spiro atoms. The minimum absolute atomic E-state index is 0.0463. The predicted octanol–water partition coefficient (Wildman–Crippen LogP) is 2.73. The Morgan fingerprint density at radius 2 is 1.87 bits per heavy atom. The van der Waals surface area contributed by atoms with Gasteiger partial charge < -0.3 is 14.3 Å². The Labute approximate surface area is 131 Å². The van der Waals surface area contributed by atoms with Crippen LogP contribution in [0.25, 0.3) is 22.6 Å². The number of aliphatic carboxylic acids is 1. The molecule has 1 aromatic rings. The summed E-state index contributed by atoms with van der Waals surface area (Å²) >= 11 is 0.